The fraction of sp³-hybridized carbons (Fsp3) is 0.200. The van der Waals surface area contributed by atoms with E-state index >= 15 is 0 Å². The van der Waals surface area contributed by atoms with Gasteiger partial charge >= 0.3 is 23.9 Å². The number of hydrogen-bond acceptors (Lipinski definition) is 6. The van der Waals surface area contributed by atoms with Crippen molar-refractivity contribution in [2.45, 2.75) is 0 Å². The van der Waals surface area contributed by atoms with E-state index in [9.17, 15) is 19.2 Å². The third-order valence-corrected chi connectivity index (χ3v) is 0.837. The molecule has 0 saturated carbocycles. The molecular weight excluding hydrogens is 280 g/mol. The molecule has 0 aliphatic heterocycles. The molecule has 0 rings (SSSR count). The number of aliphatic hydroxyl groups is 2. The Hall–Kier alpha value is -2.72. The van der Waals surface area contributed by atoms with E-state index < -0.39 is 23.9 Å². The highest BCUT2D eigenvalue weighted by atomic mass is 16.4. The van der Waals surface area contributed by atoms with Crippen molar-refractivity contribution in [3.05, 3.63) is 24.3 Å². The maximum atomic E-state index is 9.55. The SMILES string of the molecule is O=C(O)/C=C/C(=O)O.O=C(O)/C=C/C(=O)O.OCCO. The van der Waals surface area contributed by atoms with Crippen LogP contribution in [0, 0.1) is 0 Å². The quantitative estimate of drug-likeness (QED) is 0.322. The van der Waals surface area contributed by atoms with Crippen molar-refractivity contribution in [3.63, 3.8) is 0 Å². The van der Waals surface area contributed by atoms with Crippen LogP contribution in [0.3, 0.4) is 0 Å². The number of carboxylic acids is 4. The van der Waals surface area contributed by atoms with Crippen LogP contribution in [0.5, 0.6) is 0 Å². The lowest BCUT2D eigenvalue weighted by molar-refractivity contribution is -0.134. The zero-order valence-electron chi connectivity index (χ0n) is 10.0. The molecule has 6 N–H and O–H groups in total. The topological polar surface area (TPSA) is 190 Å². The van der Waals surface area contributed by atoms with Crippen LogP contribution in [0.15, 0.2) is 24.3 Å². The Morgan fingerprint density at radius 2 is 0.700 bits per heavy atom. The van der Waals surface area contributed by atoms with E-state index in [2.05, 4.69) is 0 Å². The fourth-order valence-corrected chi connectivity index (χ4v) is 0.285. The van der Waals surface area contributed by atoms with E-state index in [0.717, 1.165) is 0 Å². The molecule has 0 bridgehead atoms. The summed E-state index contributed by atoms with van der Waals surface area (Å²) < 4.78 is 0. The molecule has 0 heterocycles. The van der Waals surface area contributed by atoms with Crippen LogP contribution in [0.25, 0.3) is 0 Å². The van der Waals surface area contributed by atoms with E-state index in [1.807, 2.05) is 0 Å². The maximum absolute atomic E-state index is 9.55. The van der Waals surface area contributed by atoms with Gasteiger partial charge in [-0.15, -0.1) is 0 Å². The maximum Gasteiger partial charge on any atom is 0.328 e. The first kappa shape index (κ1) is 22.5. The van der Waals surface area contributed by atoms with Gasteiger partial charge in [-0.1, -0.05) is 0 Å². The Kier molecular flexibility index (Phi) is 18.3. The first-order valence-electron chi connectivity index (χ1n) is 4.66. The lowest BCUT2D eigenvalue weighted by atomic mass is 10.5. The smallest absolute Gasteiger partial charge is 0.328 e. The molecule has 20 heavy (non-hydrogen) atoms. The van der Waals surface area contributed by atoms with Gasteiger partial charge in [-0.25, -0.2) is 19.2 Å². The van der Waals surface area contributed by atoms with E-state index in [0.29, 0.717) is 24.3 Å². The molecule has 10 nitrogen and oxygen atoms in total. The average molecular weight is 294 g/mol. The van der Waals surface area contributed by atoms with Crippen molar-refractivity contribution in [3.8, 4) is 0 Å². The van der Waals surface area contributed by atoms with E-state index in [1.54, 1.807) is 0 Å². The van der Waals surface area contributed by atoms with Crippen LogP contribution in [-0.2, 0) is 19.2 Å². The van der Waals surface area contributed by atoms with Crippen molar-refractivity contribution < 1.29 is 49.8 Å². The summed E-state index contributed by atoms with van der Waals surface area (Å²) in [6, 6.07) is 0. The fourth-order valence-electron chi connectivity index (χ4n) is 0.285. The Morgan fingerprint density at radius 1 is 0.550 bits per heavy atom. The molecule has 0 aliphatic rings. The zero-order chi connectivity index (χ0) is 16.6. The number of aliphatic hydroxyl groups excluding tert-OH is 2. The molecule has 0 saturated heterocycles. The lowest BCUT2D eigenvalue weighted by Crippen LogP contribution is -1.91. The molecule has 0 aromatic heterocycles. The number of hydrogen-bond donors (Lipinski definition) is 6. The number of carboxylic acid groups (broad SMARTS) is 4. The van der Waals surface area contributed by atoms with Crippen LogP contribution in [0.4, 0.5) is 0 Å². The molecule has 0 aliphatic carbocycles. The summed E-state index contributed by atoms with van der Waals surface area (Å²) in [6.07, 6.45) is 2.23. The normalized spacial score (nSPS) is 9.10. The highest BCUT2D eigenvalue weighted by molar-refractivity contribution is 5.90. The predicted molar refractivity (Wildman–Crippen MR) is 63.0 cm³/mol. The minimum Gasteiger partial charge on any atom is -0.478 e. The van der Waals surface area contributed by atoms with Gasteiger partial charge in [0.25, 0.3) is 0 Å². The van der Waals surface area contributed by atoms with Crippen LogP contribution in [0.1, 0.15) is 0 Å². The molecule has 10 heteroatoms. The first-order chi connectivity index (χ1) is 9.17. The second-order valence-electron chi connectivity index (χ2n) is 2.47. The molecule has 114 valence electrons. The Bertz CT molecular complexity index is 300. The third-order valence-electron chi connectivity index (χ3n) is 0.837. The minimum absolute atomic E-state index is 0.125. The van der Waals surface area contributed by atoms with Gasteiger partial charge in [-0.05, 0) is 0 Å². The summed E-state index contributed by atoms with van der Waals surface area (Å²) in [5.41, 5.74) is 0. The van der Waals surface area contributed by atoms with Gasteiger partial charge in [-0.3, -0.25) is 0 Å². The minimum atomic E-state index is -1.26. The summed E-state index contributed by atoms with van der Waals surface area (Å²) in [4.78, 5) is 38.2. The molecule has 0 fully saturated rings. The van der Waals surface area contributed by atoms with Gasteiger partial charge in [-0.2, -0.15) is 0 Å². The molecule has 0 unspecified atom stereocenters. The van der Waals surface area contributed by atoms with Crippen molar-refractivity contribution in [1.82, 2.24) is 0 Å². The zero-order valence-corrected chi connectivity index (χ0v) is 10.0. The summed E-state index contributed by atoms with van der Waals surface area (Å²) >= 11 is 0. The highest BCUT2D eigenvalue weighted by Crippen LogP contribution is 1.71. The Balaban J connectivity index is -0.000000230. The summed E-state index contributed by atoms with van der Waals surface area (Å²) in [5, 5.41) is 46.5. The second-order valence-corrected chi connectivity index (χ2v) is 2.47. The average Bonchev–Trinajstić information content (AvgIpc) is 2.35. The van der Waals surface area contributed by atoms with Gasteiger partial charge in [0.05, 0.1) is 13.2 Å². The summed E-state index contributed by atoms with van der Waals surface area (Å²) in [6.45, 7) is -0.250. The first-order valence-corrected chi connectivity index (χ1v) is 4.66. The van der Waals surface area contributed by atoms with Crippen molar-refractivity contribution in [2.75, 3.05) is 13.2 Å². The molecule has 0 amide bonds. The molecule has 0 radical (unpaired) electrons. The van der Waals surface area contributed by atoms with Gasteiger partial charge in [0.2, 0.25) is 0 Å². The summed E-state index contributed by atoms with van der Waals surface area (Å²) in [5.74, 6) is -5.03. The molecule has 0 atom stereocenters. The van der Waals surface area contributed by atoms with E-state index in [1.165, 1.54) is 0 Å². The highest BCUT2D eigenvalue weighted by Gasteiger charge is 1.88. The standard InChI is InChI=1S/2C4H4O4.C2H6O2/c2*5-3(6)1-2-4(7)8;3-1-2-4/h2*1-2H,(H,5,6)(H,7,8);3-4H,1-2H2/b2*2-1+;. The van der Waals surface area contributed by atoms with Crippen LogP contribution < -0.4 is 0 Å². The summed E-state index contributed by atoms with van der Waals surface area (Å²) in [7, 11) is 0. The van der Waals surface area contributed by atoms with Crippen LogP contribution >= 0.6 is 0 Å². The molecular formula is C10H14O10. The van der Waals surface area contributed by atoms with Crippen molar-refractivity contribution in [1.29, 1.82) is 0 Å². The second kappa shape index (κ2) is 16.3. The van der Waals surface area contributed by atoms with Gasteiger partial charge in [0.15, 0.2) is 0 Å². The monoisotopic (exact) mass is 294 g/mol. The van der Waals surface area contributed by atoms with Crippen molar-refractivity contribution in [2.24, 2.45) is 0 Å². The predicted octanol–water partition coefficient (Wildman–Crippen LogP) is -1.61. The van der Waals surface area contributed by atoms with Crippen LogP contribution in [-0.4, -0.2) is 67.7 Å². The number of aliphatic carboxylic acids is 4. The Morgan fingerprint density at radius 3 is 0.750 bits per heavy atom. The molecule has 0 aromatic carbocycles. The number of carbonyl (C=O) groups is 4. The lowest BCUT2D eigenvalue weighted by Gasteiger charge is -1.74. The van der Waals surface area contributed by atoms with E-state index in [4.69, 9.17) is 30.6 Å². The van der Waals surface area contributed by atoms with E-state index in [-0.39, 0.29) is 13.2 Å². The number of rotatable bonds is 5. The molecule has 0 aromatic rings. The van der Waals surface area contributed by atoms with Gasteiger partial charge in [0, 0.05) is 24.3 Å². The Labute approximate surface area is 112 Å². The van der Waals surface area contributed by atoms with Gasteiger partial charge in [0.1, 0.15) is 0 Å². The molecule has 0 spiro atoms. The van der Waals surface area contributed by atoms with Gasteiger partial charge < -0.3 is 30.6 Å². The van der Waals surface area contributed by atoms with Crippen LogP contribution in [0.2, 0.25) is 0 Å². The largest absolute Gasteiger partial charge is 0.478 e. The third kappa shape index (κ3) is 45.4. The van der Waals surface area contributed by atoms with Crippen molar-refractivity contribution >= 4 is 23.9 Å².